The number of hydrogen-bond acceptors (Lipinski definition) is 5. The van der Waals surface area contributed by atoms with Crippen LogP contribution in [0.2, 0.25) is 0 Å². The van der Waals surface area contributed by atoms with Crippen molar-refractivity contribution in [1.29, 1.82) is 0 Å². The number of ether oxygens (including phenoxy) is 2. The van der Waals surface area contributed by atoms with E-state index < -0.39 is 11.2 Å². The van der Waals surface area contributed by atoms with Gasteiger partial charge in [0, 0.05) is 12.8 Å². The minimum Gasteiger partial charge on any atom is -0.393 e. The fourth-order valence-electron chi connectivity index (χ4n) is 11.9. The number of fused-ring (bicyclic) bond motifs is 5. The molecular weight excluding hydrogens is 464 g/mol. The summed E-state index contributed by atoms with van der Waals surface area (Å²) >= 11 is 0. The number of aliphatic hydroxyl groups is 3. The molecule has 0 aromatic carbocycles. The number of rotatable bonds is 7. The van der Waals surface area contributed by atoms with Gasteiger partial charge in [0.2, 0.25) is 0 Å². The molecule has 214 valence electrons. The van der Waals surface area contributed by atoms with Crippen molar-refractivity contribution in [3.63, 3.8) is 0 Å². The third-order valence-electron chi connectivity index (χ3n) is 13.4. The molecule has 0 aromatic rings. The summed E-state index contributed by atoms with van der Waals surface area (Å²) in [4.78, 5) is 0. The SMILES string of the molecule is CCC1C(CC)C2(O)CC(O)CC[C@]2(C)[C@@H]2CC[C@@]3(C)[C@@H](C(CC)C(CC)C3(O)CCC3OCCO3)[C@H]12. The van der Waals surface area contributed by atoms with Crippen LogP contribution < -0.4 is 0 Å². The molecule has 5 aliphatic rings. The van der Waals surface area contributed by atoms with E-state index in [-0.39, 0.29) is 35.1 Å². The van der Waals surface area contributed by atoms with Crippen molar-refractivity contribution in [2.75, 3.05) is 13.2 Å². The summed E-state index contributed by atoms with van der Waals surface area (Å²) in [5.74, 6) is 2.84. The average molecular weight is 521 g/mol. The lowest BCUT2D eigenvalue weighted by Crippen LogP contribution is -2.70. The van der Waals surface area contributed by atoms with Gasteiger partial charge in [-0.15, -0.1) is 0 Å². The maximum atomic E-state index is 12.8. The molecule has 7 unspecified atom stereocenters. The average Bonchev–Trinajstić information content (AvgIpc) is 3.46. The monoisotopic (exact) mass is 520 g/mol. The Morgan fingerprint density at radius 1 is 0.784 bits per heavy atom. The highest BCUT2D eigenvalue weighted by atomic mass is 16.7. The zero-order valence-electron chi connectivity index (χ0n) is 24.5. The molecule has 1 saturated heterocycles. The summed E-state index contributed by atoms with van der Waals surface area (Å²) in [7, 11) is 0. The van der Waals surface area contributed by atoms with Gasteiger partial charge in [-0.05, 0) is 84.4 Å². The van der Waals surface area contributed by atoms with E-state index in [4.69, 9.17) is 9.47 Å². The Morgan fingerprint density at radius 2 is 1.41 bits per heavy atom. The third-order valence-corrected chi connectivity index (χ3v) is 13.4. The maximum Gasteiger partial charge on any atom is 0.157 e. The first-order valence-corrected chi connectivity index (χ1v) is 15.9. The predicted molar refractivity (Wildman–Crippen MR) is 146 cm³/mol. The van der Waals surface area contributed by atoms with Gasteiger partial charge in [0.15, 0.2) is 6.29 Å². The molecule has 37 heavy (non-hydrogen) atoms. The molecule has 1 heterocycles. The van der Waals surface area contributed by atoms with Crippen molar-refractivity contribution in [2.45, 2.75) is 136 Å². The lowest BCUT2D eigenvalue weighted by molar-refractivity contribution is -0.276. The highest BCUT2D eigenvalue weighted by Gasteiger charge is 2.74. The standard InChI is InChI=1S/C32H56O5/c1-7-21-23(9-3)32(35)19-20(33)11-14-29(32,5)25-12-15-30(6)28(27(21)25)22(8-2)24(10-4)31(30,34)16-13-26-36-17-18-37-26/h20-28,33-35H,7-19H2,1-6H3/t20?,21?,22?,23?,24?,25-,27-,28+,29-,30+,31?,32?/m1/s1. The molecule has 0 bridgehead atoms. The van der Waals surface area contributed by atoms with Crippen molar-refractivity contribution in [3.8, 4) is 0 Å². The number of hydrogen-bond donors (Lipinski definition) is 3. The zero-order valence-corrected chi connectivity index (χ0v) is 24.5. The topological polar surface area (TPSA) is 79.2 Å². The van der Waals surface area contributed by atoms with Gasteiger partial charge in [0.25, 0.3) is 0 Å². The minimum absolute atomic E-state index is 0.139. The van der Waals surface area contributed by atoms with Crippen LogP contribution in [0.15, 0.2) is 0 Å². The summed E-state index contributed by atoms with van der Waals surface area (Å²) < 4.78 is 11.6. The van der Waals surface area contributed by atoms with Gasteiger partial charge in [-0.3, -0.25) is 0 Å². The largest absolute Gasteiger partial charge is 0.393 e. The molecular formula is C32H56O5. The fourth-order valence-corrected chi connectivity index (χ4v) is 11.9. The van der Waals surface area contributed by atoms with E-state index in [1.165, 1.54) is 0 Å². The van der Waals surface area contributed by atoms with Crippen LogP contribution in [0.5, 0.6) is 0 Å². The molecule has 12 atom stereocenters. The van der Waals surface area contributed by atoms with Crippen molar-refractivity contribution in [1.82, 2.24) is 0 Å². The van der Waals surface area contributed by atoms with Crippen molar-refractivity contribution >= 4 is 0 Å². The first kappa shape index (κ1) is 28.3. The molecule has 0 amide bonds. The minimum atomic E-state index is -0.799. The van der Waals surface area contributed by atoms with E-state index in [2.05, 4.69) is 41.5 Å². The molecule has 5 rings (SSSR count). The Bertz CT molecular complexity index is 813. The fraction of sp³-hybridized carbons (Fsp3) is 1.00. The van der Waals surface area contributed by atoms with Crippen molar-refractivity contribution in [3.05, 3.63) is 0 Å². The van der Waals surface area contributed by atoms with Crippen molar-refractivity contribution in [2.24, 2.45) is 52.3 Å². The van der Waals surface area contributed by atoms with Gasteiger partial charge >= 0.3 is 0 Å². The molecule has 4 aliphatic carbocycles. The van der Waals surface area contributed by atoms with Gasteiger partial charge in [0.1, 0.15) is 0 Å². The summed E-state index contributed by atoms with van der Waals surface area (Å²) in [5, 5.41) is 36.1. The lowest BCUT2D eigenvalue weighted by Gasteiger charge is -2.69. The molecule has 5 nitrogen and oxygen atoms in total. The van der Waals surface area contributed by atoms with E-state index >= 15 is 0 Å². The van der Waals surface area contributed by atoms with E-state index in [0.717, 1.165) is 64.2 Å². The van der Waals surface area contributed by atoms with Crippen LogP contribution in [0.1, 0.15) is 112 Å². The van der Waals surface area contributed by atoms with Gasteiger partial charge < -0.3 is 24.8 Å². The maximum absolute atomic E-state index is 12.8. The van der Waals surface area contributed by atoms with E-state index in [1.807, 2.05) is 0 Å². The van der Waals surface area contributed by atoms with E-state index in [1.54, 1.807) is 0 Å². The second-order valence-corrected chi connectivity index (χ2v) is 14.2. The van der Waals surface area contributed by atoms with Crippen LogP contribution in [0.4, 0.5) is 0 Å². The van der Waals surface area contributed by atoms with Gasteiger partial charge in [0.05, 0.1) is 30.5 Å². The van der Waals surface area contributed by atoms with Crippen LogP contribution in [0, 0.1) is 52.3 Å². The molecule has 4 saturated carbocycles. The Kier molecular flexibility index (Phi) is 7.67. The highest BCUT2D eigenvalue weighted by Crippen LogP contribution is 2.75. The normalized spacial score (nSPS) is 54.1. The van der Waals surface area contributed by atoms with Crippen molar-refractivity contribution < 1.29 is 24.8 Å². The Labute approximate surface area is 226 Å². The predicted octanol–water partition coefficient (Wildman–Crippen LogP) is 5.93. The van der Waals surface area contributed by atoms with E-state index in [0.29, 0.717) is 49.2 Å². The van der Waals surface area contributed by atoms with Crippen LogP contribution in [0.3, 0.4) is 0 Å². The Morgan fingerprint density at radius 3 is 2.00 bits per heavy atom. The van der Waals surface area contributed by atoms with Crippen LogP contribution >= 0.6 is 0 Å². The second-order valence-electron chi connectivity index (χ2n) is 14.2. The van der Waals surface area contributed by atoms with Gasteiger partial charge in [-0.1, -0.05) is 67.2 Å². The summed E-state index contributed by atoms with van der Waals surface area (Å²) in [5.41, 5.74) is -1.83. The number of aliphatic hydroxyl groups excluding tert-OH is 1. The Hall–Kier alpha value is -0.200. The van der Waals surface area contributed by atoms with E-state index in [9.17, 15) is 15.3 Å². The first-order chi connectivity index (χ1) is 17.6. The first-order valence-electron chi connectivity index (χ1n) is 15.9. The molecule has 0 radical (unpaired) electrons. The molecule has 5 heteroatoms. The summed E-state index contributed by atoms with van der Waals surface area (Å²) in [6.07, 6.45) is 9.43. The summed E-state index contributed by atoms with van der Waals surface area (Å²) in [6, 6.07) is 0. The third kappa shape index (κ3) is 3.80. The molecule has 3 N–H and O–H groups in total. The molecule has 0 spiro atoms. The zero-order chi connectivity index (χ0) is 26.8. The van der Waals surface area contributed by atoms with Gasteiger partial charge in [-0.25, -0.2) is 0 Å². The highest BCUT2D eigenvalue weighted by molar-refractivity contribution is 5.23. The summed E-state index contributed by atoms with van der Waals surface area (Å²) in [6.45, 7) is 15.4. The van der Waals surface area contributed by atoms with Crippen LogP contribution in [-0.4, -0.2) is 52.1 Å². The second kappa shape index (κ2) is 10.0. The molecule has 1 aliphatic heterocycles. The Balaban J connectivity index is 1.58. The quantitative estimate of drug-likeness (QED) is 0.388. The lowest BCUT2D eigenvalue weighted by atomic mass is 9.37. The van der Waals surface area contributed by atoms with Gasteiger partial charge in [-0.2, -0.15) is 0 Å². The smallest absolute Gasteiger partial charge is 0.157 e. The molecule has 5 fully saturated rings. The molecule has 0 aromatic heterocycles. The van der Waals surface area contributed by atoms with Crippen LogP contribution in [0.25, 0.3) is 0 Å². The van der Waals surface area contributed by atoms with Crippen LogP contribution in [-0.2, 0) is 9.47 Å².